The molecule has 1 aliphatic rings. The Balaban J connectivity index is 1.68. The van der Waals surface area contributed by atoms with Crippen molar-refractivity contribution in [2.75, 3.05) is 11.9 Å². The number of carbonyl (C=O) groups is 1. The van der Waals surface area contributed by atoms with Gasteiger partial charge in [0, 0.05) is 25.2 Å². The maximum Gasteiger partial charge on any atom is 0.221 e. The zero-order valence-corrected chi connectivity index (χ0v) is 13.3. The lowest BCUT2D eigenvalue weighted by molar-refractivity contribution is -0.114. The molecular formula is C19H21FN2O. The van der Waals surface area contributed by atoms with Crippen molar-refractivity contribution in [1.29, 1.82) is 0 Å². The molecule has 1 N–H and O–H groups in total. The fraction of sp³-hybridized carbons (Fsp3) is 0.316. The van der Waals surface area contributed by atoms with Gasteiger partial charge in [0.05, 0.1) is 0 Å². The molecule has 2 aromatic carbocycles. The first-order valence-corrected chi connectivity index (χ1v) is 7.98. The Labute approximate surface area is 136 Å². The normalized spacial score (nSPS) is 18.1. The van der Waals surface area contributed by atoms with Gasteiger partial charge in [0.25, 0.3) is 0 Å². The summed E-state index contributed by atoms with van der Waals surface area (Å²) in [5.74, 6) is -0.250. The summed E-state index contributed by atoms with van der Waals surface area (Å²) in [5, 5.41) is 2.78. The molecule has 0 bridgehead atoms. The maximum atomic E-state index is 13.1. The van der Waals surface area contributed by atoms with Gasteiger partial charge in [-0.2, -0.15) is 0 Å². The van der Waals surface area contributed by atoms with E-state index in [2.05, 4.69) is 10.2 Å². The third-order valence-electron chi connectivity index (χ3n) is 4.28. The molecule has 2 aromatic rings. The zero-order valence-electron chi connectivity index (χ0n) is 13.3. The number of rotatable bonds is 4. The van der Waals surface area contributed by atoms with E-state index in [-0.39, 0.29) is 11.7 Å². The Morgan fingerprint density at radius 2 is 1.87 bits per heavy atom. The average Bonchev–Trinajstić information content (AvgIpc) is 2.98. The number of halogens is 1. The van der Waals surface area contributed by atoms with Crippen molar-refractivity contribution in [3.63, 3.8) is 0 Å². The van der Waals surface area contributed by atoms with E-state index in [4.69, 9.17) is 0 Å². The molecular weight excluding hydrogens is 291 g/mol. The molecule has 0 aromatic heterocycles. The van der Waals surface area contributed by atoms with Crippen LogP contribution in [0.2, 0.25) is 0 Å². The number of hydrogen-bond acceptors (Lipinski definition) is 2. The number of anilines is 1. The van der Waals surface area contributed by atoms with Crippen LogP contribution in [0.4, 0.5) is 10.1 Å². The Kier molecular flexibility index (Phi) is 4.72. The first-order chi connectivity index (χ1) is 11.1. The number of hydrogen-bond donors (Lipinski definition) is 1. The van der Waals surface area contributed by atoms with Crippen LogP contribution in [0, 0.1) is 5.82 Å². The number of nitrogens with zero attached hydrogens (tertiary/aromatic N) is 1. The molecule has 1 saturated heterocycles. The Morgan fingerprint density at radius 1 is 1.17 bits per heavy atom. The van der Waals surface area contributed by atoms with E-state index in [1.54, 1.807) is 0 Å². The monoisotopic (exact) mass is 312 g/mol. The fourth-order valence-corrected chi connectivity index (χ4v) is 3.21. The second-order valence-electron chi connectivity index (χ2n) is 6.06. The quantitative estimate of drug-likeness (QED) is 0.921. The summed E-state index contributed by atoms with van der Waals surface area (Å²) >= 11 is 0. The van der Waals surface area contributed by atoms with Gasteiger partial charge in [0.1, 0.15) is 5.82 Å². The summed E-state index contributed by atoms with van der Waals surface area (Å²) in [4.78, 5) is 13.5. The van der Waals surface area contributed by atoms with E-state index in [1.165, 1.54) is 30.2 Å². The van der Waals surface area contributed by atoms with E-state index < -0.39 is 0 Å². The number of benzene rings is 2. The van der Waals surface area contributed by atoms with Crippen LogP contribution in [0.5, 0.6) is 0 Å². The van der Waals surface area contributed by atoms with Crippen LogP contribution >= 0.6 is 0 Å². The van der Waals surface area contributed by atoms with Crippen LogP contribution < -0.4 is 5.32 Å². The van der Waals surface area contributed by atoms with Gasteiger partial charge in [-0.3, -0.25) is 9.69 Å². The van der Waals surface area contributed by atoms with E-state index in [9.17, 15) is 9.18 Å². The van der Waals surface area contributed by atoms with Gasteiger partial charge < -0.3 is 5.32 Å². The lowest BCUT2D eigenvalue weighted by atomic mass is 10.0. The molecule has 23 heavy (non-hydrogen) atoms. The summed E-state index contributed by atoms with van der Waals surface area (Å²) in [6.07, 6.45) is 2.27. The topological polar surface area (TPSA) is 32.3 Å². The molecule has 1 heterocycles. The molecule has 4 heteroatoms. The molecule has 0 unspecified atom stereocenters. The molecule has 0 saturated carbocycles. The number of likely N-dealkylation sites (tertiary alicyclic amines) is 1. The van der Waals surface area contributed by atoms with Gasteiger partial charge in [-0.05, 0) is 54.8 Å². The van der Waals surface area contributed by atoms with Crippen molar-refractivity contribution in [2.24, 2.45) is 0 Å². The van der Waals surface area contributed by atoms with Crippen LogP contribution in [0.15, 0.2) is 48.5 Å². The summed E-state index contributed by atoms with van der Waals surface area (Å²) < 4.78 is 13.1. The average molecular weight is 312 g/mol. The van der Waals surface area contributed by atoms with E-state index >= 15 is 0 Å². The van der Waals surface area contributed by atoms with E-state index in [1.807, 2.05) is 36.4 Å². The second kappa shape index (κ2) is 6.92. The van der Waals surface area contributed by atoms with E-state index in [0.717, 1.165) is 31.6 Å². The predicted molar refractivity (Wildman–Crippen MR) is 89.5 cm³/mol. The minimum atomic E-state index is -0.188. The predicted octanol–water partition coefficient (Wildman–Crippen LogP) is 4.12. The molecule has 0 aliphatic carbocycles. The minimum absolute atomic E-state index is 0.0614. The SMILES string of the molecule is CC(=O)Nc1ccc(CN2CCC[C@H]2c2ccc(F)cc2)cc1. The highest BCUT2D eigenvalue weighted by Gasteiger charge is 2.25. The molecule has 1 aliphatic heterocycles. The largest absolute Gasteiger partial charge is 0.326 e. The highest BCUT2D eigenvalue weighted by Crippen LogP contribution is 2.33. The third kappa shape index (κ3) is 3.96. The summed E-state index contributed by atoms with van der Waals surface area (Å²) in [6.45, 7) is 3.42. The molecule has 1 fully saturated rings. The van der Waals surface area contributed by atoms with Crippen molar-refractivity contribution < 1.29 is 9.18 Å². The van der Waals surface area contributed by atoms with Gasteiger partial charge in [-0.25, -0.2) is 4.39 Å². The Hall–Kier alpha value is -2.20. The minimum Gasteiger partial charge on any atom is -0.326 e. The van der Waals surface area contributed by atoms with Crippen LogP contribution in [0.25, 0.3) is 0 Å². The number of nitrogens with one attached hydrogen (secondary N) is 1. The molecule has 3 nitrogen and oxygen atoms in total. The van der Waals surface area contributed by atoms with Gasteiger partial charge in [0.2, 0.25) is 5.91 Å². The highest BCUT2D eigenvalue weighted by molar-refractivity contribution is 5.88. The lowest BCUT2D eigenvalue weighted by Crippen LogP contribution is -2.22. The summed E-state index contributed by atoms with van der Waals surface area (Å²) in [6, 6.07) is 15.2. The van der Waals surface area contributed by atoms with Gasteiger partial charge in [-0.15, -0.1) is 0 Å². The number of carbonyl (C=O) groups excluding carboxylic acids is 1. The first kappa shape index (κ1) is 15.7. The van der Waals surface area contributed by atoms with Gasteiger partial charge >= 0.3 is 0 Å². The standard InChI is InChI=1S/C19H21FN2O/c1-14(23)21-18-10-4-15(5-11-18)13-22-12-2-3-19(22)16-6-8-17(20)9-7-16/h4-11,19H,2-3,12-13H2,1H3,(H,21,23)/t19-/m0/s1. The molecule has 1 amide bonds. The Morgan fingerprint density at radius 3 is 2.52 bits per heavy atom. The van der Waals surface area contributed by atoms with E-state index in [0.29, 0.717) is 6.04 Å². The van der Waals surface area contributed by atoms with Gasteiger partial charge in [0.15, 0.2) is 0 Å². The van der Waals surface area contributed by atoms with Crippen molar-refractivity contribution in [1.82, 2.24) is 4.90 Å². The van der Waals surface area contributed by atoms with Crippen LogP contribution in [0.1, 0.15) is 36.9 Å². The smallest absolute Gasteiger partial charge is 0.221 e. The zero-order chi connectivity index (χ0) is 16.2. The molecule has 1 atom stereocenters. The maximum absolute atomic E-state index is 13.1. The Bertz CT molecular complexity index is 667. The second-order valence-corrected chi connectivity index (χ2v) is 6.06. The summed E-state index contributed by atoms with van der Waals surface area (Å²) in [7, 11) is 0. The van der Waals surface area contributed by atoms with Crippen LogP contribution in [-0.2, 0) is 11.3 Å². The number of amides is 1. The molecule has 120 valence electrons. The third-order valence-corrected chi connectivity index (χ3v) is 4.28. The van der Waals surface area contributed by atoms with Crippen molar-refractivity contribution in [3.8, 4) is 0 Å². The van der Waals surface area contributed by atoms with Crippen molar-refractivity contribution >= 4 is 11.6 Å². The fourth-order valence-electron chi connectivity index (χ4n) is 3.21. The van der Waals surface area contributed by atoms with Gasteiger partial charge in [-0.1, -0.05) is 24.3 Å². The molecule has 3 rings (SSSR count). The molecule has 0 spiro atoms. The van der Waals surface area contributed by atoms with Crippen LogP contribution in [0.3, 0.4) is 0 Å². The highest BCUT2D eigenvalue weighted by atomic mass is 19.1. The van der Waals surface area contributed by atoms with Crippen LogP contribution in [-0.4, -0.2) is 17.4 Å². The summed E-state index contributed by atoms with van der Waals surface area (Å²) in [5.41, 5.74) is 3.21. The first-order valence-electron chi connectivity index (χ1n) is 7.98. The van der Waals surface area contributed by atoms with Crippen molar-refractivity contribution in [2.45, 2.75) is 32.4 Å². The molecule has 0 radical (unpaired) electrons. The van der Waals surface area contributed by atoms with Crippen molar-refractivity contribution in [3.05, 3.63) is 65.5 Å². The lowest BCUT2D eigenvalue weighted by Gasteiger charge is -2.25.